The van der Waals surface area contributed by atoms with Crippen molar-refractivity contribution in [2.45, 2.75) is 25.7 Å². The molecule has 0 radical (unpaired) electrons. The Kier molecular flexibility index (Phi) is 7.91. The predicted molar refractivity (Wildman–Crippen MR) is 138 cm³/mol. The molecule has 6 nitrogen and oxygen atoms in total. The Balaban J connectivity index is 1.14. The Labute approximate surface area is 207 Å². The second kappa shape index (κ2) is 11.6. The first-order chi connectivity index (χ1) is 17.2. The summed E-state index contributed by atoms with van der Waals surface area (Å²) in [6.45, 7) is 6.61. The van der Waals surface area contributed by atoms with E-state index in [1.165, 1.54) is 16.3 Å². The molecule has 0 spiro atoms. The fraction of sp³-hybridized carbons (Fsp3) is 0.448. The average Bonchev–Trinajstić information content (AvgIpc) is 3.14. The smallest absolute Gasteiger partial charge is 0.253 e. The van der Waals surface area contributed by atoms with Crippen LogP contribution in [0.15, 0.2) is 60.9 Å². The predicted octanol–water partition coefficient (Wildman–Crippen LogP) is 4.43. The van der Waals surface area contributed by atoms with E-state index in [1.807, 2.05) is 41.6 Å². The van der Waals surface area contributed by atoms with Crippen molar-refractivity contribution in [3.8, 4) is 5.75 Å². The van der Waals surface area contributed by atoms with Gasteiger partial charge in [-0.05, 0) is 72.9 Å². The van der Waals surface area contributed by atoms with Gasteiger partial charge in [0.1, 0.15) is 12.4 Å². The van der Waals surface area contributed by atoms with Gasteiger partial charge in [0.2, 0.25) is 0 Å². The van der Waals surface area contributed by atoms with E-state index >= 15 is 0 Å². The number of benzene rings is 2. The van der Waals surface area contributed by atoms with Gasteiger partial charge in [0.15, 0.2) is 0 Å². The fourth-order valence-corrected chi connectivity index (χ4v) is 5.19. The fourth-order valence-electron chi connectivity index (χ4n) is 5.19. The summed E-state index contributed by atoms with van der Waals surface area (Å²) >= 11 is 0. The molecule has 3 heterocycles. The Bertz CT molecular complexity index is 1130. The number of morpholine rings is 1. The minimum Gasteiger partial charge on any atom is -0.492 e. The van der Waals surface area contributed by atoms with Crippen molar-refractivity contribution in [1.82, 2.24) is 14.8 Å². The van der Waals surface area contributed by atoms with Gasteiger partial charge in [-0.25, -0.2) is 0 Å². The van der Waals surface area contributed by atoms with E-state index < -0.39 is 0 Å². The molecule has 2 aromatic carbocycles. The lowest BCUT2D eigenvalue weighted by molar-refractivity contribution is 0.0322. The van der Waals surface area contributed by atoms with Crippen LogP contribution in [0.25, 0.3) is 10.8 Å². The van der Waals surface area contributed by atoms with Crippen molar-refractivity contribution in [3.05, 3.63) is 72.1 Å². The zero-order chi connectivity index (χ0) is 23.9. The maximum absolute atomic E-state index is 13.3. The molecule has 1 aromatic heterocycles. The van der Waals surface area contributed by atoms with Crippen LogP contribution in [0.3, 0.4) is 0 Å². The second-order valence-electron chi connectivity index (χ2n) is 9.68. The van der Waals surface area contributed by atoms with Crippen LogP contribution >= 0.6 is 0 Å². The average molecular weight is 474 g/mol. The Morgan fingerprint density at radius 1 is 1.00 bits per heavy atom. The first-order valence-electron chi connectivity index (χ1n) is 12.9. The van der Waals surface area contributed by atoms with Gasteiger partial charge in [0.25, 0.3) is 5.91 Å². The van der Waals surface area contributed by atoms with Crippen molar-refractivity contribution in [2.75, 3.05) is 52.5 Å². The molecule has 2 fully saturated rings. The van der Waals surface area contributed by atoms with Crippen LogP contribution in [0, 0.1) is 5.92 Å². The van der Waals surface area contributed by atoms with Crippen molar-refractivity contribution < 1.29 is 14.3 Å². The molecule has 2 aliphatic heterocycles. The quantitative estimate of drug-likeness (QED) is 0.508. The molecule has 2 saturated heterocycles. The highest BCUT2D eigenvalue weighted by atomic mass is 16.5. The van der Waals surface area contributed by atoms with E-state index in [0.29, 0.717) is 18.1 Å². The Hall–Kier alpha value is -2.96. The van der Waals surface area contributed by atoms with Crippen LogP contribution in [0.2, 0.25) is 0 Å². The van der Waals surface area contributed by atoms with Crippen molar-refractivity contribution >= 4 is 16.7 Å². The SMILES string of the molecule is O=C(c1cccc(OCCN2CCOCC2)c1)N1CCC[C@@H](Cc2ccc3ccncc3c2)CC1. The lowest BCUT2D eigenvalue weighted by Gasteiger charge is -2.26. The van der Waals surface area contributed by atoms with Crippen molar-refractivity contribution in [1.29, 1.82) is 0 Å². The van der Waals surface area contributed by atoms with Gasteiger partial charge in [-0.1, -0.05) is 18.2 Å². The van der Waals surface area contributed by atoms with Crippen LogP contribution in [-0.4, -0.2) is 73.2 Å². The molecule has 0 aliphatic carbocycles. The van der Waals surface area contributed by atoms with Crippen molar-refractivity contribution in [2.24, 2.45) is 5.92 Å². The van der Waals surface area contributed by atoms with Crippen LogP contribution in [0.1, 0.15) is 35.2 Å². The molecule has 3 aromatic rings. The van der Waals surface area contributed by atoms with E-state index in [-0.39, 0.29) is 5.91 Å². The van der Waals surface area contributed by atoms with Gasteiger partial charge in [-0.2, -0.15) is 0 Å². The molecule has 1 amide bonds. The molecule has 1 atom stereocenters. The molecule has 0 saturated carbocycles. The second-order valence-corrected chi connectivity index (χ2v) is 9.68. The number of nitrogens with zero attached hydrogens (tertiary/aromatic N) is 3. The summed E-state index contributed by atoms with van der Waals surface area (Å²) in [5.74, 6) is 1.47. The highest BCUT2D eigenvalue weighted by Gasteiger charge is 2.22. The molecular formula is C29H35N3O3. The number of carbonyl (C=O) groups excluding carboxylic acids is 1. The number of ether oxygens (including phenoxy) is 2. The number of carbonyl (C=O) groups is 1. The molecule has 0 bridgehead atoms. The van der Waals surface area contributed by atoms with Gasteiger partial charge in [0, 0.05) is 56.1 Å². The number of amides is 1. The highest BCUT2D eigenvalue weighted by molar-refractivity contribution is 5.94. The summed E-state index contributed by atoms with van der Waals surface area (Å²) < 4.78 is 11.4. The molecule has 2 aliphatic rings. The number of hydrogen-bond acceptors (Lipinski definition) is 5. The largest absolute Gasteiger partial charge is 0.492 e. The molecule has 6 heteroatoms. The topological polar surface area (TPSA) is 54.9 Å². The number of hydrogen-bond donors (Lipinski definition) is 0. The number of aromatic nitrogens is 1. The zero-order valence-corrected chi connectivity index (χ0v) is 20.4. The number of rotatable bonds is 7. The lowest BCUT2D eigenvalue weighted by atomic mass is 9.92. The highest BCUT2D eigenvalue weighted by Crippen LogP contribution is 2.25. The molecule has 0 unspecified atom stereocenters. The van der Waals surface area contributed by atoms with Crippen LogP contribution in [-0.2, 0) is 11.2 Å². The van der Waals surface area contributed by atoms with Gasteiger partial charge in [-0.3, -0.25) is 14.7 Å². The third kappa shape index (κ3) is 6.38. The third-order valence-electron chi connectivity index (χ3n) is 7.23. The minimum atomic E-state index is 0.112. The normalized spacial score (nSPS) is 19.4. The molecule has 0 N–H and O–H groups in total. The summed E-state index contributed by atoms with van der Waals surface area (Å²) in [6, 6.07) is 16.4. The first kappa shape index (κ1) is 23.8. The van der Waals surface area contributed by atoms with E-state index in [9.17, 15) is 4.79 Å². The monoisotopic (exact) mass is 473 g/mol. The summed E-state index contributed by atoms with van der Waals surface area (Å²) in [4.78, 5) is 21.9. The number of pyridine rings is 1. The molecule has 184 valence electrons. The summed E-state index contributed by atoms with van der Waals surface area (Å²) in [5.41, 5.74) is 2.08. The minimum absolute atomic E-state index is 0.112. The van der Waals surface area contributed by atoms with E-state index in [0.717, 1.165) is 77.4 Å². The maximum Gasteiger partial charge on any atom is 0.253 e. The number of likely N-dealkylation sites (tertiary alicyclic amines) is 1. The Morgan fingerprint density at radius 3 is 2.83 bits per heavy atom. The maximum atomic E-state index is 13.3. The first-order valence-corrected chi connectivity index (χ1v) is 12.9. The Morgan fingerprint density at radius 2 is 1.91 bits per heavy atom. The molecular weight excluding hydrogens is 438 g/mol. The van der Waals surface area contributed by atoms with Crippen LogP contribution in [0.4, 0.5) is 0 Å². The number of fused-ring (bicyclic) bond motifs is 1. The van der Waals surface area contributed by atoms with Crippen LogP contribution < -0.4 is 4.74 Å². The molecule has 5 rings (SSSR count). The van der Waals surface area contributed by atoms with E-state index in [1.54, 1.807) is 0 Å². The standard InChI is InChI=1S/C29H35N3O3/c33-29(26-4-1-5-28(21-26)35-18-15-31-13-16-34-17-14-31)32-11-2-3-23(9-12-32)19-24-6-7-25-8-10-30-22-27(25)20-24/h1,4-8,10,20-23H,2-3,9,11-19H2/t23-/m1/s1. The van der Waals surface area contributed by atoms with E-state index in [2.05, 4.69) is 34.1 Å². The molecule has 35 heavy (non-hydrogen) atoms. The van der Waals surface area contributed by atoms with Crippen molar-refractivity contribution in [3.63, 3.8) is 0 Å². The summed E-state index contributed by atoms with van der Waals surface area (Å²) in [6.07, 6.45) is 8.06. The lowest BCUT2D eigenvalue weighted by Crippen LogP contribution is -2.38. The van der Waals surface area contributed by atoms with Crippen LogP contribution in [0.5, 0.6) is 5.75 Å². The summed E-state index contributed by atoms with van der Waals surface area (Å²) in [5, 5.41) is 2.43. The van der Waals surface area contributed by atoms with Gasteiger partial charge < -0.3 is 14.4 Å². The van der Waals surface area contributed by atoms with Gasteiger partial charge in [0.05, 0.1) is 13.2 Å². The van der Waals surface area contributed by atoms with Gasteiger partial charge >= 0.3 is 0 Å². The zero-order valence-electron chi connectivity index (χ0n) is 20.4. The van der Waals surface area contributed by atoms with Gasteiger partial charge in [-0.15, -0.1) is 0 Å². The third-order valence-corrected chi connectivity index (χ3v) is 7.23. The summed E-state index contributed by atoms with van der Waals surface area (Å²) in [7, 11) is 0. The van der Waals surface area contributed by atoms with E-state index in [4.69, 9.17) is 9.47 Å².